The summed E-state index contributed by atoms with van der Waals surface area (Å²) in [6.07, 6.45) is -9.35. The fourth-order valence-corrected chi connectivity index (χ4v) is 2.72. The van der Waals surface area contributed by atoms with E-state index in [-0.39, 0.29) is 0 Å². The SMILES string of the molecule is CC(=O)N[C@@H]1[C@@H](OC(C)=O)CC(O)(C(=O)O)O[C@H]1C(O)C(O)COC(=O)C(C)O. The van der Waals surface area contributed by atoms with Crippen molar-refractivity contribution in [3.63, 3.8) is 0 Å². The van der Waals surface area contributed by atoms with Crippen molar-refractivity contribution >= 4 is 23.8 Å². The first-order valence-electron chi connectivity index (χ1n) is 8.57. The van der Waals surface area contributed by atoms with E-state index in [1.54, 1.807) is 0 Å². The van der Waals surface area contributed by atoms with Gasteiger partial charge in [0.15, 0.2) is 0 Å². The summed E-state index contributed by atoms with van der Waals surface area (Å²) in [7, 11) is 0. The van der Waals surface area contributed by atoms with Gasteiger partial charge < -0.3 is 45.1 Å². The molecule has 0 aromatic heterocycles. The van der Waals surface area contributed by atoms with E-state index in [2.05, 4.69) is 10.1 Å². The molecule has 4 unspecified atom stereocenters. The van der Waals surface area contributed by atoms with Crippen molar-refractivity contribution in [2.45, 2.75) is 69.5 Å². The van der Waals surface area contributed by atoms with Gasteiger partial charge in [-0.15, -0.1) is 0 Å². The second kappa shape index (κ2) is 9.93. The standard InChI is InChI=1S/C16H25NO12/c1-6(18)14(23)27-5-9(21)12(22)13-11(17-7(2)19)10(28-8(3)20)4-16(26,29-13)15(24)25/h6,9-13,18,21-22,26H,4-5H2,1-3H3,(H,17,19)(H,24,25)/t6?,9?,10-,11+,12?,13+,16?/m0/s1. The van der Waals surface area contributed by atoms with E-state index in [0.29, 0.717) is 0 Å². The quantitative estimate of drug-likeness (QED) is 0.211. The third-order valence-electron chi connectivity index (χ3n) is 4.05. The van der Waals surface area contributed by atoms with Crippen LogP contribution in [0, 0.1) is 0 Å². The maximum absolute atomic E-state index is 11.5. The van der Waals surface area contributed by atoms with Gasteiger partial charge in [-0.2, -0.15) is 0 Å². The Hall–Kier alpha value is -2.32. The predicted octanol–water partition coefficient (Wildman–Crippen LogP) is -3.37. The van der Waals surface area contributed by atoms with Gasteiger partial charge in [-0.25, -0.2) is 9.59 Å². The Kier molecular flexibility index (Phi) is 8.47. The van der Waals surface area contributed by atoms with Crippen LogP contribution in [0.2, 0.25) is 0 Å². The van der Waals surface area contributed by atoms with Crippen LogP contribution in [0.5, 0.6) is 0 Å². The Bertz CT molecular complexity index is 637. The monoisotopic (exact) mass is 423 g/mol. The summed E-state index contributed by atoms with van der Waals surface area (Å²) >= 11 is 0. The number of amides is 1. The molecule has 0 aromatic rings. The van der Waals surface area contributed by atoms with Crippen LogP contribution in [-0.2, 0) is 33.4 Å². The number of carbonyl (C=O) groups excluding carboxylic acids is 3. The number of carboxylic acid groups (broad SMARTS) is 1. The molecule has 1 amide bonds. The summed E-state index contributed by atoms with van der Waals surface area (Å²) in [5.74, 6) is -7.39. The minimum Gasteiger partial charge on any atom is -0.477 e. The number of nitrogens with one attached hydrogen (secondary N) is 1. The third kappa shape index (κ3) is 6.61. The second-order valence-electron chi connectivity index (χ2n) is 6.61. The zero-order chi connectivity index (χ0) is 22.5. The van der Waals surface area contributed by atoms with Gasteiger partial charge in [-0.3, -0.25) is 9.59 Å². The fourth-order valence-electron chi connectivity index (χ4n) is 2.72. The number of hydrogen-bond donors (Lipinski definition) is 6. The fraction of sp³-hybridized carbons (Fsp3) is 0.750. The number of carbonyl (C=O) groups is 4. The van der Waals surface area contributed by atoms with Gasteiger partial charge in [0, 0.05) is 13.8 Å². The number of ether oxygens (including phenoxy) is 3. The van der Waals surface area contributed by atoms with E-state index in [9.17, 15) is 39.6 Å². The molecule has 0 spiro atoms. The van der Waals surface area contributed by atoms with Gasteiger partial charge in [-0.05, 0) is 6.92 Å². The van der Waals surface area contributed by atoms with Crippen LogP contribution in [0.1, 0.15) is 27.2 Å². The van der Waals surface area contributed by atoms with Crippen LogP contribution >= 0.6 is 0 Å². The first-order chi connectivity index (χ1) is 13.3. The average molecular weight is 423 g/mol. The van der Waals surface area contributed by atoms with E-state index < -0.39 is 79.2 Å². The molecule has 0 aromatic carbocycles. The summed E-state index contributed by atoms with van der Waals surface area (Å²) in [5, 5.41) is 51.4. The van der Waals surface area contributed by atoms with Crippen LogP contribution in [0.25, 0.3) is 0 Å². The molecule has 1 heterocycles. The van der Waals surface area contributed by atoms with Crippen LogP contribution in [0.3, 0.4) is 0 Å². The first kappa shape index (κ1) is 24.7. The Morgan fingerprint density at radius 3 is 2.24 bits per heavy atom. The lowest BCUT2D eigenvalue weighted by atomic mass is 9.88. The van der Waals surface area contributed by atoms with Crippen molar-refractivity contribution in [3.05, 3.63) is 0 Å². The second-order valence-corrected chi connectivity index (χ2v) is 6.61. The normalized spacial score (nSPS) is 29.8. The van der Waals surface area contributed by atoms with Gasteiger partial charge in [-0.1, -0.05) is 0 Å². The molecule has 1 aliphatic heterocycles. The van der Waals surface area contributed by atoms with Crippen LogP contribution < -0.4 is 5.32 Å². The molecule has 1 fully saturated rings. The minimum absolute atomic E-state index is 0.663. The van der Waals surface area contributed by atoms with Gasteiger partial charge in [0.25, 0.3) is 5.79 Å². The van der Waals surface area contributed by atoms with E-state index in [4.69, 9.17) is 14.6 Å². The smallest absolute Gasteiger partial charge is 0.364 e. The molecule has 1 rings (SSSR count). The minimum atomic E-state index is -2.91. The summed E-state index contributed by atoms with van der Waals surface area (Å²) < 4.78 is 14.6. The number of carboxylic acids is 1. The lowest BCUT2D eigenvalue weighted by Crippen LogP contribution is -2.68. The molecule has 13 nitrogen and oxygen atoms in total. The maximum Gasteiger partial charge on any atom is 0.364 e. The highest BCUT2D eigenvalue weighted by molar-refractivity contribution is 5.76. The highest BCUT2D eigenvalue weighted by atomic mass is 16.7. The number of esters is 2. The molecule has 166 valence electrons. The highest BCUT2D eigenvalue weighted by Gasteiger charge is 2.55. The first-order valence-corrected chi connectivity index (χ1v) is 8.57. The number of aliphatic hydroxyl groups excluding tert-OH is 3. The van der Waals surface area contributed by atoms with Gasteiger partial charge >= 0.3 is 17.9 Å². The Balaban J connectivity index is 3.15. The molecule has 1 saturated heterocycles. The van der Waals surface area contributed by atoms with Crippen LogP contribution in [0.4, 0.5) is 0 Å². The summed E-state index contributed by atoms with van der Waals surface area (Å²) in [6, 6.07) is -1.35. The number of rotatable bonds is 8. The summed E-state index contributed by atoms with van der Waals surface area (Å²) in [5.41, 5.74) is 0. The van der Waals surface area contributed by atoms with Crippen molar-refractivity contribution in [3.8, 4) is 0 Å². The molecule has 0 saturated carbocycles. The Morgan fingerprint density at radius 1 is 1.21 bits per heavy atom. The molecule has 29 heavy (non-hydrogen) atoms. The van der Waals surface area contributed by atoms with Crippen molar-refractivity contribution < 1.29 is 58.9 Å². The summed E-state index contributed by atoms with van der Waals surface area (Å²) in [6.45, 7) is 2.39. The number of aliphatic carboxylic acids is 1. The largest absolute Gasteiger partial charge is 0.477 e. The predicted molar refractivity (Wildman–Crippen MR) is 89.9 cm³/mol. The molecular formula is C16H25NO12. The summed E-state index contributed by atoms with van der Waals surface area (Å²) in [4.78, 5) is 45.6. The maximum atomic E-state index is 11.5. The molecular weight excluding hydrogens is 398 g/mol. The molecule has 0 radical (unpaired) electrons. The molecule has 7 atom stereocenters. The lowest BCUT2D eigenvalue weighted by Gasteiger charge is -2.45. The zero-order valence-corrected chi connectivity index (χ0v) is 16.0. The average Bonchev–Trinajstić information content (AvgIpc) is 2.59. The highest BCUT2D eigenvalue weighted by Crippen LogP contribution is 2.32. The molecule has 0 bridgehead atoms. The van der Waals surface area contributed by atoms with Crippen molar-refractivity contribution in [2.75, 3.05) is 6.61 Å². The van der Waals surface area contributed by atoms with Crippen molar-refractivity contribution in [1.29, 1.82) is 0 Å². The number of hydrogen-bond acceptors (Lipinski definition) is 11. The van der Waals surface area contributed by atoms with Crippen molar-refractivity contribution in [2.24, 2.45) is 0 Å². The Morgan fingerprint density at radius 2 is 1.79 bits per heavy atom. The lowest BCUT2D eigenvalue weighted by molar-refractivity contribution is -0.296. The van der Waals surface area contributed by atoms with E-state index in [1.165, 1.54) is 0 Å². The van der Waals surface area contributed by atoms with Crippen LogP contribution in [0.15, 0.2) is 0 Å². The van der Waals surface area contributed by atoms with E-state index >= 15 is 0 Å². The van der Waals surface area contributed by atoms with Gasteiger partial charge in [0.2, 0.25) is 5.91 Å². The molecule has 6 N–H and O–H groups in total. The molecule has 0 aliphatic carbocycles. The number of aliphatic hydroxyl groups is 4. The van der Waals surface area contributed by atoms with Crippen LogP contribution in [-0.4, -0.2) is 98.3 Å². The van der Waals surface area contributed by atoms with Gasteiger partial charge in [0.05, 0.1) is 12.5 Å². The Labute approximate surface area is 165 Å². The molecule has 13 heteroatoms. The van der Waals surface area contributed by atoms with E-state index in [0.717, 1.165) is 20.8 Å². The van der Waals surface area contributed by atoms with Gasteiger partial charge in [0.1, 0.15) is 37.1 Å². The molecule has 1 aliphatic rings. The van der Waals surface area contributed by atoms with Crippen molar-refractivity contribution in [1.82, 2.24) is 5.32 Å². The topological polar surface area (TPSA) is 209 Å². The third-order valence-corrected chi connectivity index (χ3v) is 4.05. The van der Waals surface area contributed by atoms with E-state index in [1.807, 2.05) is 0 Å². The zero-order valence-electron chi connectivity index (χ0n) is 16.0.